The van der Waals surface area contributed by atoms with Gasteiger partial charge in [0, 0.05) is 6.04 Å². The van der Waals surface area contributed by atoms with Gasteiger partial charge in [-0.05, 0) is 25.8 Å². The zero-order chi connectivity index (χ0) is 13.1. The summed E-state index contributed by atoms with van der Waals surface area (Å²) in [5, 5.41) is 14.8. The molecule has 0 aromatic carbocycles. The molecule has 1 atom stereocenters. The first-order valence-corrected chi connectivity index (χ1v) is 5.82. The van der Waals surface area contributed by atoms with Crippen molar-refractivity contribution in [2.24, 2.45) is 0 Å². The van der Waals surface area contributed by atoms with E-state index in [4.69, 9.17) is 11.0 Å². The second-order valence-electron chi connectivity index (χ2n) is 4.43. The SMILES string of the molecule is CC(Nc1ncc(N)cc1C#N)C(=O)NC1CC1. The first-order chi connectivity index (χ1) is 8.60. The van der Waals surface area contributed by atoms with Crippen LogP contribution in [0.2, 0.25) is 0 Å². The van der Waals surface area contributed by atoms with Crippen LogP contribution < -0.4 is 16.4 Å². The van der Waals surface area contributed by atoms with Gasteiger partial charge < -0.3 is 16.4 Å². The standard InChI is InChI=1S/C12H15N5O/c1-7(12(18)17-10-2-3-10)16-11-8(5-13)4-9(14)6-15-11/h4,6-7,10H,2-3,14H2,1H3,(H,15,16)(H,17,18). The molecule has 0 spiro atoms. The fraction of sp³-hybridized carbons (Fsp3) is 0.417. The van der Waals surface area contributed by atoms with Crippen LogP contribution in [0.4, 0.5) is 11.5 Å². The number of hydrogen-bond acceptors (Lipinski definition) is 5. The Morgan fingerprint density at radius 2 is 2.39 bits per heavy atom. The molecule has 0 bridgehead atoms. The average molecular weight is 245 g/mol. The van der Waals surface area contributed by atoms with Gasteiger partial charge in [0.1, 0.15) is 17.9 Å². The van der Waals surface area contributed by atoms with Crippen LogP contribution in [-0.4, -0.2) is 23.0 Å². The van der Waals surface area contributed by atoms with Gasteiger partial charge in [-0.15, -0.1) is 0 Å². The topological polar surface area (TPSA) is 104 Å². The van der Waals surface area contributed by atoms with E-state index in [1.807, 2.05) is 6.07 Å². The van der Waals surface area contributed by atoms with Gasteiger partial charge in [-0.1, -0.05) is 0 Å². The molecule has 0 aliphatic heterocycles. The van der Waals surface area contributed by atoms with E-state index in [-0.39, 0.29) is 5.91 Å². The highest BCUT2D eigenvalue weighted by molar-refractivity contribution is 5.84. The maximum atomic E-state index is 11.8. The molecule has 2 rings (SSSR count). The Morgan fingerprint density at radius 3 is 3.00 bits per heavy atom. The largest absolute Gasteiger partial charge is 0.397 e. The highest BCUT2D eigenvalue weighted by Gasteiger charge is 2.25. The predicted octanol–water partition coefficient (Wildman–Crippen LogP) is 0.614. The molecule has 1 fully saturated rings. The Kier molecular flexibility index (Phi) is 3.33. The molecule has 1 aromatic rings. The number of aromatic nitrogens is 1. The van der Waals surface area contributed by atoms with Gasteiger partial charge in [0.15, 0.2) is 0 Å². The minimum absolute atomic E-state index is 0.0833. The maximum Gasteiger partial charge on any atom is 0.242 e. The molecule has 4 N–H and O–H groups in total. The molecule has 1 heterocycles. The lowest BCUT2D eigenvalue weighted by Crippen LogP contribution is -2.39. The van der Waals surface area contributed by atoms with Crippen molar-refractivity contribution in [1.29, 1.82) is 5.26 Å². The molecule has 6 heteroatoms. The monoisotopic (exact) mass is 245 g/mol. The normalized spacial score (nSPS) is 15.6. The van der Waals surface area contributed by atoms with Crippen LogP contribution in [0.3, 0.4) is 0 Å². The van der Waals surface area contributed by atoms with E-state index in [2.05, 4.69) is 15.6 Å². The number of amides is 1. The fourth-order valence-corrected chi connectivity index (χ4v) is 1.51. The van der Waals surface area contributed by atoms with Crippen molar-refractivity contribution in [1.82, 2.24) is 10.3 Å². The van der Waals surface area contributed by atoms with Crippen molar-refractivity contribution < 1.29 is 4.79 Å². The van der Waals surface area contributed by atoms with Crippen LogP contribution in [0.25, 0.3) is 0 Å². The molecule has 1 amide bonds. The van der Waals surface area contributed by atoms with Crippen molar-refractivity contribution >= 4 is 17.4 Å². The third kappa shape index (κ3) is 2.88. The maximum absolute atomic E-state index is 11.8. The average Bonchev–Trinajstić information content (AvgIpc) is 3.15. The fourth-order valence-electron chi connectivity index (χ4n) is 1.51. The summed E-state index contributed by atoms with van der Waals surface area (Å²) in [4.78, 5) is 15.8. The van der Waals surface area contributed by atoms with Gasteiger partial charge in [-0.2, -0.15) is 5.26 Å². The lowest BCUT2D eigenvalue weighted by atomic mass is 10.2. The van der Waals surface area contributed by atoms with E-state index in [0.29, 0.717) is 23.1 Å². The van der Waals surface area contributed by atoms with Gasteiger partial charge in [-0.3, -0.25) is 4.79 Å². The summed E-state index contributed by atoms with van der Waals surface area (Å²) >= 11 is 0. The highest BCUT2D eigenvalue weighted by atomic mass is 16.2. The third-order valence-corrected chi connectivity index (χ3v) is 2.70. The Hall–Kier alpha value is -2.29. The summed E-state index contributed by atoms with van der Waals surface area (Å²) in [5.74, 6) is 0.296. The summed E-state index contributed by atoms with van der Waals surface area (Å²) in [7, 11) is 0. The number of pyridine rings is 1. The Labute approximate surface area is 105 Å². The van der Waals surface area contributed by atoms with Crippen molar-refractivity contribution in [3.8, 4) is 6.07 Å². The quantitative estimate of drug-likeness (QED) is 0.721. The molecular formula is C12H15N5O. The number of carbonyl (C=O) groups excluding carboxylic acids is 1. The molecule has 0 radical (unpaired) electrons. The first-order valence-electron chi connectivity index (χ1n) is 5.82. The highest BCUT2D eigenvalue weighted by Crippen LogP contribution is 2.19. The van der Waals surface area contributed by atoms with Crippen molar-refractivity contribution in [2.45, 2.75) is 31.8 Å². The van der Waals surface area contributed by atoms with Gasteiger partial charge in [-0.25, -0.2) is 4.98 Å². The number of anilines is 2. The number of hydrogen-bond donors (Lipinski definition) is 3. The van der Waals surface area contributed by atoms with Crippen LogP contribution >= 0.6 is 0 Å². The van der Waals surface area contributed by atoms with Crippen LogP contribution in [0, 0.1) is 11.3 Å². The zero-order valence-corrected chi connectivity index (χ0v) is 10.1. The van der Waals surface area contributed by atoms with E-state index in [1.54, 1.807) is 6.92 Å². The van der Waals surface area contributed by atoms with Gasteiger partial charge >= 0.3 is 0 Å². The number of carbonyl (C=O) groups is 1. The van der Waals surface area contributed by atoms with Gasteiger partial charge in [0.2, 0.25) is 5.91 Å². The molecular weight excluding hydrogens is 230 g/mol. The smallest absolute Gasteiger partial charge is 0.242 e. The van der Waals surface area contributed by atoms with E-state index in [0.717, 1.165) is 12.8 Å². The summed E-state index contributed by atoms with van der Waals surface area (Å²) in [6, 6.07) is 3.41. The predicted molar refractivity (Wildman–Crippen MR) is 67.6 cm³/mol. The van der Waals surface area contributed by atoms with Gasteiger partial charge in [0.25, 0.3) is 0 Å². The number of nitriles is 1. The van der Waals surface area contributed by atoms with Crippen molar-refractivity contribution in [2.75, 3.05) is 11.1 Å². The Morgan fingerprint density at radius 1 is 1.67 bits per heavy atom. The van der Waals surface area contributed by atoms with E-state index < -0.39 is 6.04 Å². The Balaban J connectivity index is 2.03. The molecule has 18 heavy (non-hydrogen) atoms. The summed E-state index contributed by atoms with van der Waals surface area (Å²) in [6.07, 6.45) is 3.54. The van der Waals surface area contributed by atoms with Crippen molar-refractivity contribution in [3.63, 3.8) is 0 Å². The zero-order valence-electron chi connectivity index (χ0n) is 10.1. The second kappa shape index (κ2) is 4.92. The second-order valence-corrected chi connectivity index (χ2v) is 4.43. The minimum Gasteiger partial charge on any atom is -0.397 e. The molecule has 1 saturated carbocycles. The van der Waals surface area contributed by atoms with Crippen molar-refractivity contribution in [3.05, 3.63) is 17.8 Å². The number of nitrogens with two attached hydrogens (primary N) is 1. The lowest BCUT2D eigenvalue weighted by molar-refractivity contribution is -0.121. The molecule has 6 nitrogen and oxygen atoms in total. The van der Waals surface area contributed by atoms with Crippen LogP contribution in [0.1, 0.15) is 25.3 Å². The molecule has 94 valence electrons. The van der Waals surface area contributed by atoms with Crippen LogP contribution in [-0.2, 0) is 4.79 Å². The third-order valence-electron chi connectivity index (χ3n) is 2.70. The first kappa shape index (κ1) is 12.2. The number of nitrogens with zero attached hydrogens (tertiary/aromatic N) is 2. The molecule has 0 saturated heterocycles. The van der Waals surface area contributed by atoms with Gasteiger partial charge in [0.05, 0.1) is 17.4 Å². The van der Waals surface area contributed by atoms with E-state index >= 15 is 0 Å². The number of nitrogen functional groups attached to an aromatic ring is 1. The summed E-state index contributed by atoms with van der Waals surface area (Å²) in [5.41, 5.74) is 6.30. The number of rotatable bonds is 4. The molecule has 1 aliphatic carbocycles. The minimum atomic E-state index is -0.436. The van der Waals surface area contributed by atoms with E-state index in [9.17, 15) is 4.79 Å². The van der Waals surface area contributed by atoms with Crippen LogP contribution in [0.5, 0.6) is 0 Å². The molecule has 1 aliphatic rings. The summed E-state index contributed by atoms with van der Waals surface area (Å²) in [6.45, 7) is 1.73. The summed E-state index contributed by atoms with van der Waals surface area (Å²) < 4.78 is 0. The van der Waals surface area contributed by atoms with Crippen LogP contribution in [0.15, 0.2) is 12.3 Å². The van der Waals surface area contributed by atoms with E-state index in [1.165, 1.54) is 12.3 Å². The molecule has 1 aromatic heterocycles. The number of nitrogens with one attached hydrogen (secondary N) is 2. The lowest BCUT2D eigenvalue weighted by Gasteiger charge is -2.15. The Bertz CT molecular complexity index is 504. The molecule has 1 unspecified atom stereocenters.